The summed E-state index contributed by atoms with van der Waals surface area (Å²) in [7, 11) is -31.1. The van der Waals surface area contributed by atoms with E-state index in [0.717, 1.165) is 0 Å². The van der Waals surface area contributed by atoms with Crippen molar-refractivity contribution in [2.45, 2.75) is 86.6 Å². The first kappa shape index (κ1) is 126. The van der Waals surface area contributed by atoms with Crippen LogP contribution in [-0.2, 0) is 225 Å². The van der Waals surface area contributed by atoms with Crippen molar-refractivity contribution in [2.75, 3.05) is 12.9 Å². The number of hydrogen-bond acceptors (Lipinski definition) is 49. The van der Waals surface area contributed by atoms with Crippen molar-refractivity contribution in [3.05, 3.63) is 37.0 Å². The Labute approximate surface area is 742 Å². The molecule has 12 fully saturated rings. The van der Waals surface area contributed by atoms with Crippen LogP contribution in [-0.4, -0.2) is 271 Å². The maximum atomic E-state index is 13.8. The van der Waals surface area contributed by atoms with Crippen LogP contribution < -0.4 is 4.13 Å². The molecule has 12 saturated heterocycles. The van der Waals surface area contributed by atoms with Crippen molar-refractivity contribution in [2.24, 2.45) is 0 Å². The molecule has 1 unspecified atom stereocenters. The van der Waals surface area contributed by atoms with Crippen molar-refractivity contribution in [3.63, 3.8) is 0 Å². The molecule has 12 rings (SSSR count). The van der Waals surface area contributed by atoms with Gasteiger partial charge in [-0.1, -0.05) is 20.6 Å². The minimum Gasteiger partial charge on any atom is -0.679 e. The van der Waals surface area contributed by atoms with Crippen molar-refractivity contribution in [1.82, 2.24) is 4.13 Å². The Hall–Kier alpha value is -12.1. The second-order valence-electron chi connectivity index (χ2n) is 25.4. The predicted molar refractivity (Wildman–Crippen MR) is 341 cm³/mol. The molecule has 1 N–H and O–H groups in total. The van der Waals surface area contributed by atoms with E-state index < -0.39 is 296 Å². The average Bonchev–Trinajstić information content (AvgIpc) is 0.699. The van der Waals surface area contributed by atoms with Gasteiger partial charge in [-0.3, -0.25) is 0 Å². The number of ether oxygens (including phenoxy) is 4. The van der Waals surface area contributed by atoms with Crippen LogP contribution in [0.3, 0.4) is 0 Å². The summed E-state index contributed by atoms with van der Waals surface area (Å²) in [5.41, 5.74) is -24.7. The molecule has 12 aliphatic heterocycles. The number of esters is 3. The van der Waals surface area contributed by atoms with E-state index in [1.54, 1.807) is 0 Å². The Bertz CT molecular complexity index is 5020. The monoisotopic (exact) mass is 2350 g/mol. The zero-order chi connectivity index (χ0) is 111. The molecule has 0 aromatic heterocycles. The first-order valence-corrected chi connectivity index (χ1v) is 50.7. The van der Waals surface area contributed by atoms with Gasteiger partial charge >= 0.3 is 465 Å². The molecule has 0 saturated carbocycles. The van der Waals surface area contributed by atoms with E-state index in [2.05, 4.69) is 124 Å². The predicted octanol–water partition coefficient (Wildman–Crippen LogP) is 5.88. The van der Waals surface area contributed by atoms with Gasteiger partial charge in [0.15, 0.2) is 11.6 Å². The maximum Gasteiger partial charge on any atom is 1.13 e. The van der Waals surface area contributed by atoms with E-state index in [-0.39, 0.29) is 45.1 Å². The van der Waals surface area contributed by atoms with E-state index in [1.165, 1.54) is 0 Å². The van der Waals surface area contributed by atoms with Gasteiger partial charge in [-0.2, -0.15) is 13.2 Å². The van der Waals surface area contributed by atoms with Crippen LogP contribution in [0.4, 0.5) is 152 Å². The topological polar surface area (TPSA) is 660 Å². The molecule has 0 bridgehead atoms. The Balaban J connectivity index is 0.000000780. The minimum absolute atomic E-state index is 0. The summed E-state index contributed by atoms with van der Waals surface area (Å²) in [5.74, 6) is -38.1. The first-order valence-electron chi connectivity index (χ1n) is 31.0. The van der Waals surface area contributed by atoms with Gasteiger partial charge in [-0.05, 0) is 13.5 Å². The number of halogens is 36. The number of carbonyl (C=O) groups excluding carboxylic acids is 21. The van der Waals surface area contributed by atoms with E-state index >= 15 is 0 Å². The fourth-order valence-electron chi connectivity index (χ4n) is 7.09. The molecule has 1 atom stereocenters. The molecule has 0 aromatic carbocycles. The molecule has 50 nitrogen and oxygen atoms in total. The van der Waals surface area contributed by atoms with Crippen LogP contribution in [0.2, 0.25) is 12.5 Å². The molecule has 97 heteroatoms. The van der Waals surface area contributed by atoms with Gasteiger partial charge in [0.25, 0.3) is 0 Å². The molecule has 0 aliphatic carbocycles. The summed E-state index contributed by atoms with van der Waals surface area (Å²) >= 11 is -18.2. The molecule has 12 heterocycles. The van der Waals surface area contributed by atoms with Crippen LogP contribution in [0.15, 0.2) is 37.0 Å². The number of carbonyl (C=O) groups is 21. The van der Waals surface area contributed by atoms with Crippen LogP contribution in [0.1, 0.15) is 21.3 Å². The van der Waals surface area contributed by atoms with Crippen LogP contribution in [0.5, 0.6) is 0 Å². The molecule has 808 valence electrons. The smallest absolute Gasteiger partial charge is 0.679 e. The fraction of sp³-hybridized carbons (Fsp3) is 0.372. The summed E-state index contributed by atoms with van der Waals surface area (Å²) in [6.07, 6.45) is -27.0. The maximum absolute atomic E-state index is 14.3. The molecule has 0 aromatic rings. The van der Waals surface area contributed by atoms with Crippen molar-refractivity contribution >= 4 is 230 Å². The largest absolute Gasteiger partial charge is 1.13 e. The van der Waals surface area contributed by atoms with Crippen molar-refractivity contribution in [3.8, 4) is 0 Å². The van der Waals surface area contributed by atoms with E-state index in [1.807, 2.05) is 0 Å². The third-order valence-electron chi connectivity index (χ3n) is 13.2. The summed E-state index contributed by atoms with van der Waals surface area (Å²) < 4.78 is 575. The Morgan fingerprint density at radius 2 is 0.693 bits per heavy atom. The summed E-state index contributed by atoms with van der Waals surface area (Å²) in [5, 5.41) is -8.25. The third-order valence-corrected chi connectivity index (χ3v) is 29.9. The quantitative estimate of drug-likeness (QED) is 0.0809. The summed E-state index contributed by atoms with van der Waals surface area (Å²) in [6, 6.07) is 0. The molecule has 4 spiro atoms. The first-order chi connectivity index (χ1) is 60.0. The van der Waals surface area contributed by atoms with Gasteiger partial charge in [0, 0.05) is 0 Å². The van der Waals surface area contributed by atoms with E-state index in [9.17, 15) is 269 Å². The van der Waals surface area contributed by atoms with E-state index in [4.69, 9.17) is 0 Å². The normalized spacial score (nSPS) is 25.0. The number of alkyl halides is 19. The Morgan fingerprint density at radius 1 is 0.407 bits per heavy atom. The zero-order valence-electron chi connectivity index (χ0n) is 64.2. The SMILES string of the molecule is C.C=C1OC2(OC1=O)OC(=O)C(=O)O2.C=C1O[B-]2(OC1=O)OC(=O)C(=O)O2.C=C1[O][Al-]2([O]C1=O)[O]C(=O)C(=O)[O]2.CC(F)(C(F)(F)F)[P-](F)(F)(F)(C(F)(F)C(F)(F)F)C(F)(F)C(F)(F)F.CS(=O)(=O)NS(=O)(=O)C(F)(F)F.C[As-]1(F)(F)(F)OC(=O)C(=O)O1.C[B-](F)(F)C(C)(F)F.C[P-]1(F)(F)(F)OC(=O)C(=O)O1.O=C1O[B-](F)(F)OC1=O.O=C1O[P-]2(F)(F)(OC1=O)OC(=O)C(=O)O2.O=C1[O][Al-]([F])([F])[O]C1=O. The molecule has 140 heavy (non-hydrogen) atoms. The molecule has 0 amide bonds. The standard InChI is InChI=1S/C7H3F17P.C6H2O7.C5H2BO7.C4F2O8P.C3H3AsF3O4.C3H6BF4.C3H3F3O4P.C3H4O3.C2BF2O4.C2H4F3NO4S2.2C2H2O4.CH4.2Al.2FH/c1-2(8,3(9,10)11)25(22,23,24,6(18,19)4(12,13)14)7(20,21)5(15,16)17;2*1-2-3(7)11-6(10-2)12-4(8)5(9)13-6;5-15(6,11-1(7)2(8)12-15)13-3(9)4(10)14-15;1-4(5,6,7)10-2(8)3(9)11-4;1-3(5,6)4(2,7)8;1-11(4,5,6)9-2(7)3(8)10-11;1-2(4)3(5)6;4-3(5)8-1(6)2(7)9-3;1-11(7,8)6-12(9,10)2(3,4)5;2*3-1(4)2(5)6;;;;;/h1H3;2*1H2;;1H3;1-2H3;1H3;4H,1H2,(H,5,6);;6H,1H3;2*(H,3,4)(H,5,6);1H4;;;2*1H/q-1;;5*-1;;-1;;;;;2*+3;;/p-8. The number of sulfonamides is 2. The molecule has 12 aliphatic rings. The van der Waals surface area contributed by atoms with Gasteiger partial charge < -0.3 is 93.9 Å². The second kappa shape index (κ2) is 34.7. The van der Waals surface area contributed by atoms with Crippen LogP contribution in [0, 0.1) is 0 Å². The van der Waals surface area contributed by atoms with Crippen LogP contribution in [0.25, 0.3) is 0 Å². The van der Waals surface area contributed by atoms with Crippen LogP contribution >= 0.6 is 21.7 Å². The Morgan fingerprint density at radius 3 is 0.879 bits per heavy atom. The second-order valence-corrected chi connectivity index (χ2v) is 50.8. The van der Waals surface area contributed by atoms with Gasteiger partial charge in [0.05, 0.1) is 6.26 Å². The summed E-state index contributed by atoms with van der Waals surface area (Å²) in [6.45, 7) is -14.6. The molecular weight excluding hydrogens is 2320 g/mol. The molecule has 0 radical (unpaired) electrons. The number of rotatable bonds is 6. The fourth-order valence-corrected chi connectivity index (χ4v) is 19.7. The van der Waals surface area contributed by atoms with Gasteiger partial charge in [0.1, 0.15) is 5.76 Å². The van der Waals surface area contributed by atoms with Crippen molar-refractivity contribution < 1.29 is 373 Å². The van der Waals surface area contributed by atoms with Crippen molar-refractivity contribution in [1.29, 1.82) is 0 Å². The van der Waals surface area contributed by atoms with Gasteiger partial charge in [-0.15, -0.1) is 11.0 Å². The third kappa shape index (κ3) is 27.4. The minimum atomic E-state index is -14.3. The zero-order valence-corrected chi connectivity index (χ0v) is 72.7. The Kier molecular flexibility index (Phi) is 31.2. The number of nitrogens with one attached hydrogen (secondary N) is 1. The summed E-state index contributed by atoms with van der Waals surface area (Å²) in [4.78, 5) is 217. The van der Waals surface area contributed by atoms with Gasteiger partial charge in [0.2, 0.25) is 15.8 Å². The van der Waals surface area contributed by atoms with E-state index in [0.29, 0.717) is 10.4 Å². The molecular formula is C43H29Al2AsB3F36NO49P3S2-9. The average molecular weight is 2350 g/mol. The number of hydrogen-bond donors (Lipinski definition) is 1. The van der Waals surface area contributed by atoms with Gasteiger partial charge in [-0.25, -0.2) is 87.9 Å².